The molecule has 0 unspecified atom stereocenters. The highest BCUT2D eigenvalue weighted by molar-refractivity contribution is 9.10. The van der Waals surface area contributed by atoms with Gasteiger partial charge in [-0.3, -0.25) is 0 Å². The number of anilines is 1. The summed E-state index contributed by atoms with van der Waals surface area (Å²) in [5.41, 5.74) is 5.83. The van der Waals surface area contributed by atoms with Crippen molar-refractivity contribution in [3.8, 4) is 16.8 Å². The second kappa shape index (κ2) is 9.67. The number of fused-ring (bicyclic) bond motifs is 1. The van der Waals surface area contributed by atoms with Crippen LogP contribution in [0.15, 0.2) is 102 Å². The van der Waals surface area contributed by atoms with E-state index in [1.807, 2.05) is 0 Å². The number of nitrogens with zero attached hydrogens (tertiary/aromatic N) is 4. The number of rotatable bonds is 5. The molecular weight excluding hydrogens is 496 g/mol. The van der Waals surface area contributed by atoms with E-state index in [0.29, 0.717) is 5.92 Å². The van der Waals surface area contributed by atoms with E-state index >= 15 is 0 Å². The molecule has 5 heteroatoms. The number of aromatic nitrogens is 3. The van der Waals surface area contributed by atoms with Crippen LogP contribution in [0.3, 0.4) is 0 Å². The van der Waals surface area contributed by atoms with E-state index in [9.17, 15) is 0 Å². The Labute approximate surface area is 214 Å². The van der Waals surface area contributed by atoms with Crippen LogP contribution in [0.1, 0.15) is 18.4 Å². The number of piperidine rings is 1. The average Bonchev–Trinajstić information content (AvgIpc) is 3.31. The van der Waals surface area contributed by atoms with Crippen LogP contribution in [-0.2, 0) is 6.42 Å². The molecule has 0 radical (unpaired) electrons. The SMILES string of the molecule is Brc1ccc(-n2cc(-c3ccccc3)c3c(N4CCC(Cc5ccccc5)CC4)ncnc32)cc1. The first kappa shape index (κ1) is 22.1. The van der Waals surface area contributed by atoms with Gasteiger partial charge in [-0.25, -0.2) is 9.97 Å². The van der Waals surface area contributed by atoms with E-state index in [0.717, 1.165) is 46.5 Å². The normalized spacial score (nSPS) is 14.5. The number of hydrogen-bond donors (Lipinski definition) is 0. The van der Waals surface area contributed by atoms with E-state index in [-0.39, 0.29) is 0 Å². The van der Waals surface area contributed by atoms with Gasteiger partial charge >= 0.3 is 0 Å². The Kier molecular flexibility index (Phi) is 6.09. The van der Waals surface area contributed by atoms with Crippen LogP contribution in [0, 0.1) is 5.92 Å². The highest BCUT2D eigenvalue weighted by Crippen LogP contribution is 2.38. The topological polar surface area (TPSA) is 34.0 Å². The molecule has 0 saturated carbocycles. The Hall–Kier alpha value is -3.44. The van der Waals surface area contributed by atoms with Gasteiger partial charge in [-0.05, 0) is 60.6 Å². The molecule has 3 aromatic carbocycles. The lowest BCUT2D eigenvalue weighted by molar-refractivity contribution is 0.402. The first-order chi connectivity index (χ1) is 17.3. The maximum Gasteiger partial charge on any atom is 0.150 e. The zero-order valence-electron chi connectivity index (χ0n) is 19.5. The minimum atomic E-state index is 0.715. The highest BCUT2D eigenvalue weighted by Gasteiger charge is 2.25. The third kappa shape index (κ3) is 4.48. The minimum Gasteiger partial charge on any atom is -0.356 e. The van der Waals surface area contributed by atoms with Crippen molar-refractivity contribution in [2.24, 2.45) is 5.92 Å². The van der Waals surface area contributed by atoms with Gasteiger partial charge in [-0.1, -0.05) is 76.6 Å². The van der Waals surface area contributed by atoms with Crippen LogP contribution >= 0.6 is 15.9 Å². The van der Waals surface area contributed by atoms with E-state index in [2.05, 4.69) is 117 Å². The van der Waals surface area contributed by atoms with Gasteiger partial charge in [0.05, 0.1) is 5.39 Å². The van der Waals surface area contributed by atoms with E-state index in [4.69, 9.17) is 9.97 Å². The second-order valence-corrected chi connectivity index (χ2v) is 10.2. The van der Waals surface area contributed by atoms with Gasteiger partial charge in [-0.15, -0.1) is 0 Å². The molecule has 1 aliphatic heterocycles. The van der Waals surface area contributed by atoms with Crippen molar-refractivity contribution < 1.29 is 0 Å². The van der Waals surface area contributed by atoms with E-state index in [1.54, 1.807) is 6.33 Å². The second-order valence-electron chi connectivity index (χ2n) is 9.27. The zero-order chi connectivity index (χ0) is 23.6. The Morgan fingerprint density at radius 3 is 2.20 bits per heavy atom. The van der Waals surface area contributed by atoms with Crippen molar-refractivity contribution in [3.05, 3.63) is 107 Å². The lowest BCUT2D eigenvalue weighted by atomic mass is 9.90. The van der Waals surface area contributed by atoms with Crippen LogP contribution in [0.2, 0.25) is 0 Å². The Bertz CT molecular complexity index is 1420. The summed E-state index contributed by atoms with van der Waals surface area (Å²) in [6, 6.07) is 29.8. The van der Waals surface area contributed by atoms with Crippen LogP contribution < -0.4 is 4.90 Å². The molecule has 35 heavy (non-hydrogen) atoms. The Morgan fingerprint density at radius 2 is 1.49 bits per heavy atom. The molecule has 6 rings (SSSR count). The van der Waals surface area contributed by atoms with Gasteiger partial charge < -0.3 is 9.47 Å². The molecular formula is C30H27BrN4. The number of benzene rings is 3. The predicted molar refractivity (Wildman–Crippen MR) is 147 cm³/mol. The molecule has 1 fully saturated rings. The van der Waals surface area contributed by atoms with Crippen molar-refractivity contribution in [2.45, 2.75) is 19.3 Å². The maximum atomic E-state index is 4.84. The van der Waals surface area contributed by atoms with E-state index < -0.39 is 0 Å². The van der Waals surface area contributed by atoms with Crippen LogP contribution in [0.4, 0.5) is 5.82 Å². The van der Waals surface area contributed by atoms with Crippen molar-refractivity contribution >= 4 is 32.8 Å². The third-order valence-corrected chi connectivity index (χ3v) is 7.56. The maximum absolute atomic E-state index is 4.84. The fraction of sp³-hybridized carbons (Fsp3) is 0.200. The van der Waals surface area contributed by atoms with Crippen LogP contribution in [0.25, 0.3) is 27.8 Å². The van der Waals surface area contributed by atoms with Crippen LogP contribution in [-0.4, -0.2) is 27.6 Å². The molecule has 3 heterocycles. The standard InChI is InChI=1S/C30H27BrN4/c31-25-11-13-26(14-12-25)35-20-27(24-9-5-2-6-10-24)28-29(32-21-33-30(28)35)34-17-15-23(16-18-34)19-22-7-3-1-4-8-22/h1-14,20-21,23H,15-19H2. The monoisotopic (exact) mass is 522 g/mol. The fourth-order valence-corrected chi connectivity index (χ4v) is 5.48. The van der Waals surface area contributed by atoms with Crippen molar-refractivity contribution in [1.29, 1.82) is 0 Å². The highest BCUT2D eigenvalue weighted by atomic mass is 79.9. The summed E-state index contributed by atoms with van der Waals surface area (Å²) in [5, 5.41) is 1.13. The molecule has 5 aromatic rings. The Balaban J connectivity index is 1.37. The molecule has 1 saturated heterocycles. The van der Waals surface area contributed by atoms with E-state index in [1.165, 1.54) is 29.5 Å². The number of halogens is 1. The molecule has 174 valence electrons. The molecule has 2 aromatic heterocycles. The Morgan fingerprint density at radius 1 is 0.800 bits per heavy atom. The summed E-state index contributed by atoms with van der Waals surface area (Å²) in [7, 11) is 0. The van der Waals surface area contributed by atoms with Gasteiger partial charge in [0.2, 0.25) is 0 Å². The summed E-state index contributed by atoms with van der Waals surface area (Å²) in [4.78, 5) is 12.1. The first-order valence-electron chi connectivity index (χ1n) is 12.2. The summed E-state index contributed by atoms with van der Waals surface area (Å²) in [6.07, 6.45) is 7.44. The minimum absolute atomic E-state index is 0.715. The summed E-state index contributed by atoms with van der Waals surface area (Å²) in [5.74, 6) is 1.76. The molecule has 4 nitrogen and oxygen atoms in total. The van der Waals surface area contributed by atoms with Crippen molar-refractivity contribution in [2.75, 3.05) is 18.0 Å². The first-order valence-corrected chi connectivity index (χ1v) is 13.0. The molecule has 0 bridgehead atoms. The smallest absolute Gasteiger partial charge is 0.150 e. The fourth-order valence-electron chi connectivity index (χ4n) is 5.22. The largest absolute Gasteiger partial charge is 0.356 e. The molecule has 0 spiro atoms. The van der Waals surface area contributed by atoms with Gasteiger partial charge in [0.1, 0.15) is 12.1 Å². The van der Waals surface area contributed by atoms with Crippen molar-refractivity contribution in [3.63, 3.8) is 0 Å². The molecule has 1 aliphatic rings. The predicted octanol–water partition coefficient (Wildman–Crippen LogP) is 7.31. The lowest BCUT2D eigenvalue weighted by Crippen LogP contribution is -2.35. The molecule has 0 atom stereocenters. The summed E-state index contributed by atoms with van der Waals surface area (Å²) < 4.78 is 3.26. The quantitative estimate of drug-likeness (QED) is 0.242. The van der Waals surface area contributed by atoms with Crippen LogP contribution in [0.5, 0.6) is 0 Å². The van der Waals surface area contributed by atoms with Gasteiger partial charge in [0.15, 0.2) is 5.65 Å². The lowest BCUT2D eigenvalue weighted by Gasteiger charge is -2.33. The van der Waals surface area contributed by atoms with Gasteiger partial charge in [0, 0.05) is 35.0 Å². The van der Waals surface area contributed by atoms with Gasteiger partial charge in [0.25, 0.3) is 0 Å². The molecule has 0 aliphatic carbocycles. The zero-order valence-corrected chi connectivity index (χ0v) is 21.1. The molecule has 0 N–H and O–H groups in total. The number of hydrogen-bond acceptors (Lipinski definition) is 3. The van der Waals surface area contributed by atoms with Crippen molar-refractivity contribution in [1.82, 2.24) is 14.5 Å². The molecule has 0 amide bonds. The third-order valence-electron chi connectivity index (χ3n) is 7.03. The van der Waals surface area contributed by atoms with Gasteiger partial charge in [-0.2, -0.15) is 0 Å². The summed E-state index contributed by atoms with van der Waals surface area (Å²) >= 11 is 3.56. The average molecular weight is 523 g/mol. The summed E-state index contributed by atoms with van der Waals surface area (Å²) in [6.45, 7) is 2.03.